The maximum Gasteiger partial charge on any atom is 0.123 e. The van der Waals surface area contributed by atoms with Crippen molar-refractivity contribution in [1.29, 1.82) is 0 Å². The molecule has 0 unspecified atom stereocenters. The first-order valence-electron chi connectivity index (χ1n) is 5.59. The van der Waals surface area contributed by atoms with E-state index in [4.69, 9.17) is 9.47 Å². The van der Waals surface area contributed by atoms with E-state index in [0.717, 1.165) is 5.56 Å². The molecule has 2 rings (SSSR count). The maximum absolute atomic E-state index is 10.4. The summed E-state index contributed by atoms with van der Waals surface area (Å²) in [6, 6.07) is 5.41. The lowest BCUT2D eigenvalue weighted by molar-refractivity contribution is -0.0840. The number of methoxy groups -OCH3 is 1. The van der Waals surface area contributed by atoms with Crippen molar-refractivity contribution in [2.75, 3.05) is 20.3 Å². The summed E-state index contributed by atoms with van der Waals surface area (Å²) in [6.07, 6.45) is 0. The molecule has 0 bridgehead atoms. The van der Waals surface area contributed by atoms with Gasteiger partial charge in [-0.05, 0) is 25.1 Å². The van der Waals surface area contributed by atoms with Crippen molar-refractivity contribution in [3.05, 3.63) is 23.8 Å². The molecule has 4 nitrogen and oxygen atoms in total. The Morgan fingerprint density at radius 3 is 2.71 bits per heavy atom. The van der Waals surface area contributed by atoms with Crippen LogP contribution in [0.4, 0.5) is 0 Å². The van der Waals surface area contributed by atoms with Crippen LogP contribution in [0.5, 0.6) is 11.5 Å². The van der Waals surface area contributed by atoms with E-state index >= 15 is 0 Å². The fraction of sp³-hybridized carbons (Fsp3) is 0.538. The van der Waals surface area contributed by atoms with Gasteiger partial charge in [0.15, 0.2) is 0 Å². The topological polar surface area (TPSA) is 58.9 Å². The highest BCUT2D eigenvalue weighted by molar-refractivity contribution is 5.48. The molecular formula is C13H18O4. The highest BCUT2D eigenvalue weighted by atomic mass is 16.5. The third-order valence-electron chi connectivity index (χ3n) is 3.79. The number of fused-ring (bicyclic) bond motifs is 1. The Kier molecular flexibility index (Phi) is 2.79. The van der Waals surface area contributed by atoms with Crippen LogP contribution >= 0.6 is 0 Å². The van der Waals surface area contributed by atoms with Crippen LogP contribution in [0.2, 0.25) is 0 Å². The molecule has 2 atom stereocenters. The minimum absolute atomic E-state index is 0.149. The number of benzene rings is 1. The first-order valence-corrected chi connectivity index (χ1v) is 5.59. The van der Waals surface area contributed by atoms with Gasteiger partial charge in [0.05, 0.1) is 19.1 Å². The number of hydrogen-bond donors (Lipinski definition) is 2. The van der Waals surface area contributed by atoms with Gasteiger partial charge in [-0.2, -0.15) is 0 Å². The summed E-state index contributed by atoms with van der Waals surface area (Å²) in [4.78, 5) is 0. The molecule has 0 aromatic heterocycles. The van der Waals surface area contributed by atoms with E-state index in [1.807, 2.05) is 6.92 Å². The predicted octanol–water partition coefficient (Wildman–Crippen LogP) is 1.09. The van der Waals surface area contributed by atoms with Crippen LogP contribution in [0.25, 0.3) is 0 Å². The highest BCUT2D eigenvalue weighted by Crippen LogP contribution is 2.45. The van der Waals surface area contributed by atoms with Crippen molar-refractivity contribution < 1.29 is 19.7 Å². The molecular weight excluding hydrogens is 220 g/mol. The first-order chi connectivity index (χ1) is 7.94. The van der Waals surface area contributed by atoms with Crippen molar-refractivity contribution >= 4 is 0 Å². The van der Waals surface area contributed by atoms with Gasteiger partial charge in [-0.25, -0.2) is 0 Å². The minimum atomic E-state index is -1.11. The van der Waals surface area contributed by atoms with Crippen molar-refractivity contribution in [3.8, 4) is 11.5 Å². The van der Waals surface area contributed by atoms with Gasteiger partial charge in [-0.3, -0.25) is 0 Å². The monoisotopic (exact) mass is 238 g/mol. The molecule has 1 aromatic rings. The van der Waals surface area contributed by atoms with Crippen LogP contribution in [-0.4, -0.2) is 36.1 Å². The second kappa shape index (κ2) is 3.89. The van der Waals surface area contributed by atoms with Crippen LogP contribution in [-0.2, 0) is 5.41 Å². The van der Waals surface area contributed by atoms with Gasteiger partial charge in [0, 0.05) is 5.56 Å². The normalized spacial score (nSPS) is 31.6. The molecule has 0 aliphatic carbocycles. The molecule has 0 radical (unpaired) electrons. The zero-order valence-electron chi connectivity index (χ0n) is 10.4. The van der Waals surface area contributed by atoms with Crippen LogP contribution in [0, 0.1) is 0 Å². The first kappa shape index (κ1) is 12.2. The molecule has 0 spiro atoms. The molecule has 94 valence electrons. The molecule has 0 fully saturated rings. The average Bonchev–Trinajstić information content (AvgIpc) is 2.34. The van der Waals surface area contributed by atoms with Crippen LogP contribution < -0.4 is 9.47 Å². The van der Waals surface area contributed by atoms with Gasteiger partial charge in [0.1, 0.15) is 23.7 Å². The quantitative estimate of drug-likeness (QED) is 0.809. The lowest BCUT2D eigenvalue weighted by atomic mass is 9.68. The fourth-order valence-corrected chi connectivity index (χ4v) is 2.12. The molecule has 0 saturated carbocycles. The summed E-state index contributed by atoms with van der Waals surface area (Å²) < 4.78 is 10.7. The SMILES string of the molecule is COc1ccc2c(c1)[C@](C)(CO)[C@](C)(O)CO2. The van der Waals surface area contributed by atoms with Gasteiger partial charge >= 0.3 is 0 Å². The van der Waals surface area contributed by atoms with Crippen LogP contribution in [0.3, 0.4) is 0 Å². The van der Waals surface area contributed by atoms with E-state index in [1.165, 1.54) is 0 Å². The van der Waals surface area contributed by atoms with E-state index in [2.05, 4.69) is 0 Å². The number of aliphatic hydroxyl groups is 2. The lowest BCUT2D eigenvalue weighted by Crippen LogP contribution is -2.56. The van der Waals surface area contributed by atoms with Gasteiger partial charge < -0.3 is 19.7 Å². The van der Waals surface area contributed by atoms with Crippen molar-refractivity contribution in [1.82, 2.24) is 0 Å². The maximum atomic E-state index is 10.4. The minimum Gasteiger partial charge on any atom is -0.497 e. The van der Waals surface area contributed by atoms with Gasteiger partial charge in [0.25, 0.3) is 0 Å². The van der Waals surface area contributed by atoms with E-state index in [-0.39, 0.29) is 13.2 Å². The molecule has 4 heteroatoms. The summed E-state index contributed by atoms with van der Waals surface area (Å²) in [5.74, 6) is 1.37. The summed E-state index contributed by atoms with van der Waals surface area (Å²) in [5, 5.41) is 20.0. The number of ether oxygens (including phenoxy) is 2. The van der Waals surface area contributed by atoms with Crippen LogP contribution in [0.1, 0.15) is 19.4 Å². The Bertz CT molecular complexity index is 427. The summed E-state index contributed by atoms with van der Waals surface area (Å²) in [5.41, 5.74) is -1.09. The number of hydrogen-bond acceptors (Lipinski definition) is 4. The summed E-state index contributed by atoms with van der Waals surface area (Å²) in [6.45, 7) is 3.52. The molecule has 17 heavy (non-hydrogen) atoms. The zero-order chi connectivity index (χ0) is 12.7. The third-order valence-corrected chi connectivity index (χ3v) is 3.79. The number of rotatable bonds is 2. The van der Waals surface area contributed by atoms with Crippen molar-refractivity contribution in [2.45, 2.75) is 24.9 Å². The van der Waals surface area contributed by atoms with Gasteiger partial charge in [-0.15, -0.1) is 0 Å². The van der Waals surface area contributed by atoms with Gasteiger partial charge in [0.2, 0.25) is 0 Å². The molecule has 1 aliphatic heterocycles. The van der Waals surface area contributed by atoms with Crippen molar-refractivity contribution in [2.24, 2.45) is 0 Å². The van der Waals surface area contributed by atoms with E-state index < -0.39 is 11.0 Å². The highest BCUT2D eigenvalue weighted by Gasteiger charge is 2.49. The predicted molar refractivity (Wildman–Crippen MR) is 63.6 cm³/mol. The van der Waals surface area contributed by atoms with E-state index in [9.17, 15) is 10.2 Å². The molecule has 1 aromatic carbocycles. The molecule has 0 saturated heterocycles. The van der Waals surface area contributed by atoms with Crippen molar-refractivity contribution in [3.63, 3.8) is 0 Å². The molecule has 0 amide bonds. The summed E-state index contributed by atoms with van der Waals surface area (Å²) in [7, 11) is 1.58. The summed E-state index contributed by atoms with van der Waals surface area (Å²) >= 11 is 0. The average molecular weight is 238 g/mol. The van der Waals surface area contributed by atoms with E-state index in [1.54, 1.807) is 32.2 Å². The van der Waals surface area contributed by atoms with E-state index in [0.29, 0.717) is 11.5 Å². The Hall–Kier alpha value is -1.26. The second-order valence-electron chi connectivity index (χ2n) is 4.91. The Balaban J connectivity index is 2.59. The van der Waals surface area contributed by atoms with Crippen LogP contribution in [0.15, 0.2) is 18.2 Å². The molecule has 1 heterocycles. The third kappa shape index (κ3) is 1.68. The zero-order valence-corrected chi connectivity index (χ0v) is 10.4. The fourth-order valence-electron chi connectivity index (χ4n) is 2.12. The number of aliphatic hydroxyl groups excluding tert-OH is 1. The largest absolute Gasteiger partial charge is 0.497 e. The van der Waals surface area contributed by atoms with Gasteiger partial charge in [-0.1, -0.05) is 6.92 Å². The molecule has 2 N–H and O–H groups in total. The smallest absolute Gasteiger partial charge is 0.123 e. The standard InChI is InChI=1S/C13H18O4/c1-12(7-14)10-6-9(16-3)4-5-11(10)17-8-13(12,2)15/h4-6,14-15H,7-8H2,1-3H3/t12-,13+/m0/s1. The lowest BCUT2D eigenvalue weighted by Gasteiger charge is -2.46. The Morgan fingerprint density at radius 2 is 2.12 bits per heavy atom. The Labute approximate surface area is 101 Å². The Morgan fingerprint density at radius 1 is 1.41 bits per heavy atom. The second-order valence-corrected chi connectivity index (χ2v) is 4.91. The molecule has 1 aliphatic rings.